The second-order valence-corrected chi connectivity index (χ2v) is 5.49. The zero-order valence-corrected chi connectivity index (χ0v) is 13.6. The van der Waals surface area contributed by atoms with Gasteiger partial charge in [-0.25, -0.2) is 4.79 Å². The molecule has 0 aromatic heterocycles. The lowest BCUT2D eigenvalue weighted by Crippen LogP contribution is -2.10. The van der Waals surface area contributed by atoms with Crippen molar-refractivity contribution >= 4 is 5.97 Å². The van der Waals surface area contributed by atoms with Gasteiger partial charge in [0.2, 0.25) is 0 Å². The standard InChI is InChI=1S/C20H22O3/c1-4-20(21)23-14-13-22-19-8-6-5-7-18(19)17-11-9-16(10-12-17)15(2)3/h4-12,15H,1,13-14H2,2-3H3. The third kappa shape index (κ3) is 4.71. The lowest BCUT2D eigenvalue weighted by molar-refractivity contribution is -0.138. The Hall–Kier alpha value is -2.55. The normalized spacial score (nSPS) is 10.4. The summed E-state index contributed by atoms with van der Waals surface area (Å²) in [6, 6.07) is 16.3. The van der Waals surface area contributed by atoms with Gasteiger partial charge in [-0.1, -0.05) is 62.9 Å². The van der Waals surface area contributed by atoms with Crippen molar-refractivity contribution in [3.63, 3.8) is 0 Å². The summed E-state index contributed by atoms with van der Waals surface area (Å²) in [5.41, 5.74) is 3.44. The van der Waals surface area contributed by atoms with Gasteiger partial charge >= 0.3 is 5.97 Å². The van der Waals surface area contributed by atoms with Crippen LogP contribution in [0.2, 0.25) is 0 Å². The third-order valence-electron chi connectivity index (χ3n) is 3.53. The minimum absolute atomic E-state index is 0.200. The van der Waals surface area contributed by atoms with E-state index >= 15 is 0 Å². The first-order valence-electron chi connectivity index (χ1n) is 7.73. The minimum atomic E-state index is -0.439. The summed E-state index contributed by atoms with van der Waals surface area (Å²) in [6.07, 6.45) is 1.14. The molecular formula is C20H22O3. The highest BCUT2D eigenvalue weighted by atomic mass is 16.6. The number of esters is 1. The Labute approximate surface area is 137 Å². The van der Waals surface area contributed by atoms with Gasteiger partial charge in [-0.05, 0) is 23.1 Å². The number of hydrogen-bond donors (Lipinski definition) is 0. The van der Waals surface area contributed by atoms with Crippen molar-refractivity contribution < 1.29 is 14.3 Å². The lowest BCUT2D eigenvalue weighted by Gasteiger charge is -2.12. The molecule has 0 heterocycles. The molecule has 0 aliphatic rings. The number of benzene rings is 2. The zero-order valence-electron chi connectivity index (χ0n) is 13.6. The van der Waals surface area contributed by atoms with Gasteiger partial charge in [-0.2, -0.15) is 0 Å². The van der Waals surface area contributed by atoms with E-state index in [-0.39, 0.29) is 6.61 Å². The Bertz CT molecular complexity index is 657. The molecule has 0 amide bonds. The molecule has 0 spiro atoms. The van der Waals surface area contributed by atoms with E-state index in [0.29, 0.717) is 12.5 Å². The molecular weight excluding hydrogens is 288 g/mol. The molecule has 0 aliphatic heterocycles. The fourth-order valence-corrected chi connectivity index (χ4v) is 2.23. The van der Waals surface area contributed by atoms with Crippen molar-refractivity contribution in [1.29, 1.82) is 0 Å². The monoisotopic (exact) mass is 310 g/mol. The molecule has 0 saturated carbocycles. The molecule has 3 nitrogen and oxygen atoms in total. The topological polar surface area (TPSA) is 35.5 Å². The molecule has 0 saturated heterocycles. The Morgan fingerprint density at radius 1 is 1.09 bits per heavy atom. The second-order valence-electron chi connectivity index (χ2n) is 5.49. The van der Waals surface area contributed by atoms with E-state index in [1.165, 1.54) is 5.56 Å². The molecule has 2 aromatic carbocycles. The van der Waals surface area contributed by atoms with Crippen LogP contribution in [0.1, 0.15) is 25.3 Å². The maximum atomic E-state index is 11.0. The van der Waals surface area contributed by atoms with Crippen molar-refractivity contribution in [2.24, 2.45) is 0 Å². The van der Waals surface area contributed by atoms with Gasteiger partial charge in [0, 0.05) is 11.6 Å². The molecule has 2 aromatic rings. The Kier molecular flexibility index (Phi) is 5.98. The van der Waals surface area contributed by atoms with Crippen LogP contribution in [0, 0.1) is 0 Å². The van der Waals surface area contributed by atoms with Crippen molar-refractivity contribution in [3.8, 4) is 16.9 Å². The number of para-hydroxylation sites is 1. The van der Waals surface area contributed by atoms with Gasteiger partial charge in [0.1, 0.15) is 19.0 Å². The quantitative estimate of drug-likeness (QED) is 0.426. The van der Waals surface area contributed by atoms with Crippen LogP contribution in [0.15, 0.2) is 61.2 Å². The Morgan fingerprint density at radius 2 is 1.78 bits per heavy atom. The Morgan fingerprint density at radius 3 is 2.43 bits per heavy atom. The molecule has 0 aliphatic carbocycles. The third-order valence-corrected chi connectivity index (χ3v) is 3.53. The number of rotatable bonds is 7. The molecule has 23 heavy (non-hydrogen) atoms. The summed E-state index contributed by atoms with van der Waals surface area (Å²) < 4.78 is 10.7. The summed E-state index contributed by atoms with van der Waals surface area (Å²) in [5.74, 6) is 0.848. The molecule has 0 N–H and O–H groups in total. The van der Waals surface area contributed by atoms with E-state index in [1.807, 2.05) is 24.3 Å². The van der Waals surface area contributed by atoms with E-state index in [1.54, 1.807) is 0 Å². The van der Waals surface area contributed by atoms with Crippen LogP contribution in [0.5, 0.6) is 5.75 Å². The van der Waals surface area contributed by atoms with Gasteiger partial charge < -0.3 is 9.47 Å². The maximum absolute atomic E-state index is 11.0. The average Bonchev–Trinajstić information content (AvgIpc) is 2.59. The van der Waals surface area contributed by atoms with E-state index in [9.17, 15) is 4.79 Å². The van der Waals surface area contributed by atoms with Crippen LogP contribution in [-0.4, -0.2) is 19.2 Å². The van der Waals surface area contributed by atoms with E-state index < -0.39 is 5.97 Å². The summed E-state index contributed by atoms with van der Waals surface area (Å²) >= 11 is 0. The van der Waals surface area contributed by atoms with E-state index in [4.69, 9.17) is 9.47 Å². The lowest BCUT2D eigenvalue weighted by atomic mass is 9.98. The average molecular weight is 310 g/mol. The first kappa shape index (κ1) is 16.8. The highest BCUT2D eigenvalue weighted by Crippen LogP contribution is 2.30. The number of ether oxygens (including phenoxy) is 2. The van der Waals surface area contributed by atoms with Gasteiger partial charge in [-0.3, -0.25) is 0 Å². The molecule has 0 fully saturated rings. The molecule has 0 bridgehead atoms. The van der Waals surface area contributed by atoms with Crippen LogP contribution in [-0.2, 0) is 9.53 Å². The number of carbonyl (C=O) groups is 1. The van der Waals surface area contributed by atoms with E-state index in [0.717, 1.165) is 23.0 Å². The smallest absolute Gasteiger partial charge is 0.330 e. The first-order valence-corrected chi connectivity index (χ1v) is 7.73. The zero-order chi connectivity index (χ0) is 16.7. The second kappa shape index (κ2) is 8.18. The highest BCUT2D eigenvalue weighted by molar-refractivity contribution is 5.81. The molecule has 0 unspecified atom stereocenters. The van der Waals surface area contributed by atoms with Crippen molar-refractivity contribution in [3.05, 3.63) is 66.7 Å². The van der Waals surface area contributed by atoms with Crippen LogP contribution < -0.4 is 4.74 Å². The largest absolute Gasteiger partial charge is 0.489 e. The number of carbonyl (C=O) groups excluding carboxylic acids is 1. The SMILES string of the molecule is C=CC(=O)OCCOc1ccccc1-c1ccc(C(C)C)cc1. The number of hydrogen-bond acceptors (Lipinski definition) is 3. The van der Waals surface area contributed by atoms with Crippen molar-refractivity contribution in [1.82, 2.24) is 0 Å². The predicted octanol–water partition coefficient (Wildman–Crippen LogP) is 4.59. The van der Waals surface area contributed by atoms with Crippen LogP contribution in [0.3, 0.4) is 0 Å². The minimum Gasteiger partial charge on any atom is -0.489 e. The van der Waals surface area contributed by atoms with Crippen LogP contribution >= 0.6 is 0 Å². The summed E-state index contributed by atoms with van der Waals surface area (Å²) in [4.78, 5) is 11.0. The van der Waals surface area contributed by atoms with Crippen molar-refractivity contribution in [2.75, 3.05) is 13.2 Å². The molecule has 0 radical (unpaired) electrons. The van der Waals surface area contributed by atoms with Crippen LogP contribution in [0.25, 0.3) is 11.1 Å². The fraction of sp³-hybridized carbons (Fsp3) is 0.250. The summed E-state index contributed by atoms with van der Waals surface area (Å²) in [5, 5.41) is 0. The molecule has 0 atom stereocenters. The predicted molar refractivity (Wildman–Crippen MR) is 92.6 cm³/mol. The maximum Gasteiger partial charge on any atom is 0.330 e. The summed E-state index contributed by atoms with van der Waals surface area (Å²) in [7, 11) is 0. The Balaban J connectivity index is 2.07. The van der Waals surface area contributed by atoms with E-state index in [2.05, 4.69) is 44.7 Å². The highest BCUT2D eigenvalue weighted by Gasteiger charge is 2.07. The van der Waals surface area contributed by atoms with Gasteiger partial charge in [0.05, 0.1) is 0 Å². The first-order chi connectivity index (χ1) is 11.1. The molecule has 2 rings (SSSR count). The van der Waals surface area contributed by atoms with Gasteiger partial charge in [0.25, 0.3) is 0 Å². The summed E-state index contributed by atoms with van der Waals surface area (Å²) in [6.45, 7) is 8.22. The van der Waals surface area contributed by atoms with Gasteiger partial charge in [0.15, 0.2) is 0 Å². The van der Waals surface area contributed by atoms with Gasteiger partial charge in [-0.15, -0.1) is 0 Å². The molecule has 120 valence electrons. The van der Waals surface area contributed by atoms with Crippen molar-refractivity contribution in [2.45, 2.75) is 19.8 Å². The van der Waals surface area contributed by atoms with Crippen LogP contribution in [0.4, 0.5) is 0 Å². The molecule has 3 heteroatoms. The fourth-order valence-electron chi connectivity index (χ4n) is 2.23.